The van der Waals surface area contributed by atoms with E-state index < -0.39 is 0 Å². The zero-order valence-electron chi connectivity index (χ0n) is 15.4. The van der Waals surface area contributed by atoms with E-state index in [0.29, 0.717) is 11.4 Å². The molecule has 0 aliphatic heterocycles. The Kier molecular flexibility index (Phi) is 4.54. The molecule has 0 atom stereocenters. The molecule has 0 bridgehead atoms. The minimum absolute atomic E-state index is 0.205. The van der Waals surface area contributed by atoms with Crippen molar-refractivity contribution in [1.29, 1.82) is 0 Å². The van der Waals surface area contributed by atoms with Gasteiger partial charge in [0.15, 0.2) is 11.5 Å². The van der Waals surface area contributed by atoms with E-state index in [1.54, 1.807) is 24.5 Å². The Morgan fingerprint density at radius 1 is 1.19 bits per heavy atom. The maximum atomic E-state index is 12.6. The number of unbranched alkanes of at least 4 members (excludes halogenated alkanes) is 1. The monoisotopic (exact) mass is 359 g/mol. The van der Waals surface area contributed by atoms with Gasteiger partial charge < -0.3 is 5.32 Å². The first-order chi connectivity index (χ1) is 13.2. The summed E-state index contributed by atoms with van der Waals surface area (Å²) in [5, 5.41) is 9.48. The number of anilines is 1. The fourth-order valence-corrected chi connectivity index (χ4v) is 3.17. The number of benzene rings is 1. The highest BCUT2D eigenvalue weighted by atomic mass is 16.1. The van der Waals surface area contributed by atoms with E-state index in [1.165, 1.54) is 0 Å². The lowest BCUT2D eigenvalue weighted by atomic mass is 10.1. The van der Waals surface area contributed by atoms with Crippen LogP contribution in [-0.2, 0) is 6.54 Å². The van der Waals surface area contributed by atoms with Gasteiger partial charge in [-0.25, -0.2) is 9.67 Å². The summed E-state index contributed by atoms with van der Waals surface area (Å²) in [5.41, 5.74) is 3.44. The van der Waals surface area contributed by atoms with Crippen LogP contribution in [0.3, 0.4) is 0 Å². The molecular weight excluding hydrogens is 338 g/mol. The topological polar surface area (TPSA) is 72.7 Å². The van der Waals surface area contributed by atoms with Crippen molar-refractivity contribution in [3.63, 3.8) is 0 Å². The number of para-hydroxylation sites is 1. The number of hydrogen-bond acceptors (Lipinski definition) is 4. The van der Waals surface area contributed by atoms with Crippen LogP contribution in [0, 0.1) is 6.92 Å². The van der Waals surface area contributed by atoms with Crippen molar-refractivity contribution in [3.8, 4) is 0 Å². The predicted octanol–water partition coefficient (Wildman–Crippen LogP) is 4.34. The maximum absolute atomic E-state index is 12.6. The number of aryl methyl sites for hydroxylation is 2. The first-order valence-corrected chi connectivity index (χ1v) is 9.15. The number of carbonyl (C=O) groups is 1. The third-order valence-electron chi connectivity index (χ3n) is 4.65. The summed E-state index contributed by atoms with van der Waals surface area (Å²) in [6.07, 6.45) is 5.27. The van der Waals surface area contributed by atoms with Gasteiger partial charge in [-0.2, -0.15) is 5.10 Å². The molecule has 0 aliphatic rings. The van der Waals surface area contributed by atoms with Gasteiger partial charge in [0.1, 0.15) is 0 Å². The Hall–Kier alpha value is -3.28. The van der Waals surface area contributed by atoms with Crippen LogP contribution in [0.15, 0.2) is 48.8 Å². The van der Waals surface area contributed by atoms with Crippen molar-refractivity contribution in [2.45, 2.75) is 33.2 Å². The van der Waals surface area contributed by atoms with Crippen LogP contribution >= 0.6 is 0 Å². The van der Waals surface area contributed by atoms with Gasteiger partial charge in [-0.3, -0.25) is 9.78 Å². The average molecular weight is 359 g/mol. The number of nitrogens with zero attached hydrogens (tertiary/aromatic N) is 4. The highest BCUT2D eigenvalue weighted by Gasteiger charge is 2.16. The zero-order valence-corrected chi connectivity index (χ0v) is 15.4. The number of aromatic nitrogens is 4. The van der Waals surface area contributed by atoms with Crippen LogP contribution in [0.1, 0.15) is 35.7 Å². The highest BCUT2D eigenvalue weighted by molar-refractivity contribution is 6.08. The molecule has 0 unspecified atom stereocenters. The summed E-state index contributed by atoms with van der Waals surface area (Å²) >= 11 is 0. The summed E-state index contributed by atoms with van der Waals surface area (Å²) in [7, 11) is 0. The fourth-order valence-electron chi connectivity index (χ4n) is 3.17. The van der Waals surface area contributed by atoms with Crippen LogP contribution in [0.5, 0.6) is 0 Å². The Morgan fingerprint density at radius 2 is 2.00 bits per heavy atom. The second-order valence-electron chi connectivity index (χ2n) is 6.62. The van der Waals surface area contributed by atoms with E-state index in [4.69, 9.17) is 4.98 Å². The molecule has 1 N–H and O–H groups in total. The van der Waals surface area contributed by atoms with E-state index in [0.717, 1.165) is 46.9 Å². The van der Waals surface area contributed by atoms with Crippen molar-refractivity contribution in [2.24, 2.45) is 0 Å². The number of carbonyl (C=O) groups excluding carboxylic acids is 1. The molecule has 6 nitrogen and oxygen atoms in total. The first kappa shape index (κ1) is 17.1. The van der Waals surface area contributed by atoms with Gasteiger partial charge in [-0.05, 0) is 37.1 Å². The Morgan fingerprint density at radius 3 is 2.78 bits per heavy atom. The highest BCUT2D eigenvalue weighted by Crippen LogP contribution is 2.28. The van der Waals surface area contributed by atoms with Gasteiger partial charge >= 0.3 is 0 Å². The van der Waals surface area contributed by atoms with Crippen molar-refractivity contribution < 1.29 is 4.79 Å². The summed E-state index contributed by atoms with van der Waals surface area (Å²) in [5.74, 6) is 0.336. The SMILES string of the molecule is CCCCn1nc(NC(=O)c2ccncc2)c2cc3cccc(C)c3nc21. The molecule has 0 radical (unpaired) electrons. The van der Waals surface area contributed by atoms with E-state index in [2.05, 4.69) is 41.4 Å². The lowest BCUT2D eigenvalue weighted by Crippen LogP contribution is -2.13. The Bertz CT molecular complexity index is 1120. The largest absolute Gasteiger partial charge is 0.304 e. The molecule has 4 aromatic rings. The van der Waals surface area contributed by atoms with E-state index in [1.807, 2.05) is 16.8 Å². The number of nitrogens with one attached hydrogen (secondary N) is 1. The normalized spacial score (nSPS) is 11.2. The maximum Gasteiger partial charge on any atom is 0.256 e. The first-order valence-electron chi connectivity index (χ1n) is 9.15. The second kappa shape index (κ2) is 7.15. The van der Waals surface area contributed by atoms with Gasteiger partial charge in [0.2, 0.25) is 0 Å². The molecule has 0 saturated carbocycles. The molecule has 0 fully saturated rings. The Balaban J connectivity index is 1.83. The number of hydrogen-bond donors (Lipinski definition) is 1. The van der Waals surface area contributed by atoms with Gasteiger partial charge in [0.25, 0.3) is 5.91 Å². The smallest absolute Gasteiger partial charge is 0.256 e. The third-order valence-corrected chi connectivity index (χ3v) is 4.65. The summed E-state index contributed by atoms with van der Waals surface area (Å²) in [4.78, 5) is 21.4. The molecular formula is C21H21N5O. The van der Waals surface area contributed by atoms with Crippen LogP contribution < -0.4 is 5.32 Å². The molecule has 1 aromatic carbocycles. The predicted molar refractivity (Wildman–Crippen MR) is 107 cm³/mol. The van der Waals surface area contributed by atoms with Crippen molar-refractivity contribution >= 4 is 33.7 Å². The molecule has 3 aromatic heterocycles. The number of fused-ring (bicyclic) bond motifs is 2. The minimum atomic E-state index is -0.205. The number of amides is 1. The van der Waals surface area contributed by atoms with Gasteiger partial charge in [-0.1, -0.05) is 31.5 Å². The molecule has 3 heterocycles. The molecule has 4 rings (SSSR count). The average Bonchev–Trinajstić information content (AvgIpc) is 3.02. The van der Waals surface area contributed by atoms with Crippen LogP contribution in [0.2, 0.25) is 0 Å². The Labute approximate surface area is 157 Å². The third kappa shape index (κ3) is 3.26. The number of rotatable bonds is 5. The van der Waals surface area contributed by atoms with Gasteiger partial charge in [0.05, 0.1) is 10.9 Å². The molecule has 136 valence electrons. The molecule has 0 aliphatic carbocycles. The molecule has 1 amide bonds. The summed E-state index contributed by atoms with van der Waals surface area (Å²) < 4.78 is 1.90. The molecule has 0 spiro atoms. The molecule has 6 heteroatoms. The van der Waals surface area contributed by atoms with Gasteiger partial charge in [0, 0.05) is 29.9 Å². The lowest BCUT2D eigenvalue weighted by molar-refractivity contribution is 0.102. The van der Waals surface area contributed by atoms with E-state index >= 15 is 0 Å². The minimum Gasteiger partial charge on any atom is -0.304 e. The summed E-state index contributed by atoms with van der Waals surface area (Å²) in [6.45, 7) is 4.97. The molecule has 27 heavy (non-hydrogen) atoms. The standard InChI is InChI=1S/C21H21N5O/c1-3-4-12-26-20-17(13-16-7-5-6-14(2)18(16)23-20)19(25-26)24-21(27)15-8-10-22-11-9-15/h5-11,13H,3-4,12H2,1-2H3,(H,24,25,27). The van der Waals surface area contributed by atoms with Crippen molar-refractivity contribution in [3.05, 3.63) is 59.9 Å². The lowest BCUT2D eigenvalue weighted by Gasteiger charge is -2.04. The zero-order chi connectivity index (χ0) is 18.8. The van der Waals surface area contributed by atoms with Gasteiger partial charge in [-0.15, -0.1) is 0 Å². The van der Waals surface area contributed by atoms with Crippen molar-refractivity contribution in [2.75, 3.05) is 5.32 Å². The number of pyridine rings is 2. The van der Waals surface area contributed by atoms with Crippen LogP contribution in [0.25, 0.3) is 21.9 Å². The quantitative estimate of drug-likeness (QED) is 0.575. The fraction of sp³-hybridized carbons (Fsp3) is 0.238. The van der Waals surface area contributed by atoms with Crippen LogP contribution in [0.4, 0.5) is 5.82 Å². The molecule has 0 saturated heterocycles. The van der Waals surface area contributed by atoms with Crippen molar-refractivity contribution in [1.82, 2.24) is 19.7 Å². The second-order valence-corrected chi connectivity index (χ2v) is 6.62. The van der Waals surface area contributed by atoms with Crippen LogP contribution in [-0.4, -0.2) is 25.7 Å². The van der Waals surface area contributed by atoms with E-state index in [9.17, 15) is 4.79 Å². The summed E-state index contributed by atoms with van der Waals surface area (Å²) in [6, 6.07) is 11.5. The van der Waals surface area contributed by atoms with E-state index in [-0.39, 0.29) is 5.91 Å².